The molecule has 0 saturated carbocycles. The van der Waals surface area contributed by atoms with Gasteiger partial charge in [-0.2, -0.15) is 0 Å². The Morgan fingerprint density at radius 3 is 2.45 bits per heavy atom. The van der Waals surface area contributed by atoms with Gasteiger partial charge < -0.3 is 20.1 Å². The standard InChI is InChI=1S/C23H35N5O/c1-6-18-15-21(29-27-18)16-25-22(24-5)26-19-11-13-28(14-12-19)20-9-7-17(8-10-20)23(2,3)4/h7-10,15,19H,6,11-14,16H2,1-5H3,(H2,24,25,26). The molecule has 1 aromatic heterocycles. The van der Waals surface area contributed by atoms with Crippen LogP contribution in [-0.4, -0.2) is 37.3 Å². The van der Waals surface area contributed by atoms with Crippen LogP contribution in [0.1, 0.15) is 57.6 Å². The molecular weight excluding hydrogens is 362 g/mol. The van der Waals surface area contributed by atoms with Crippen LogP contribution < -0.4 is 15.5 Å². The maximum Gasteiger partial charge on any atom is 0.191 e. The van der Waals surface area contributed by atoms with Gasteiger partial charge >= 0.3 is 0 Å². The smallest absolute Gasteiger partial charge is 0.191 e. The predicted molar refractivity (Wildman–Crippen MR) is 120 cm³/mol. The zero-order valence-corrected chi connectivity index (χ0v) is 18.5. The first-order valence-corrected chi connectivity index (χ1v) is 10.7. The molecule has 0 atom stereocenters. The predicted octanol–water partition coefficient (Wildman–Crippen LogP) is 3.87. The largest absolute Gasteiger partial charge is 0.371 e. The van der Waals surface area contributed by atoms with E-state index in [4.69, 9.17) is 4.52 Å². The van der Waals surface area contributed by atoms with Crippen molar-refractivity contribution in [3.05, 3.63) is 47.3 Å². The van der Waals surface area contributed by atoms with Gasteiger partial charge in [0.15, 0.2) is 11.7 Å². The summed E-state index contributed by atoms with van der Waals surface area (Å²) in [6.45, 7) is 11.5. The summed E-state index contributed by atoms with van der Waals surface area (Å²) in [4.78, 5) is 6.83. The molecule has 1 aliphatic heterocycles. The number of nitrogens with one attached hydrogen (secondary N) is 2. The molecule has 158 valence electrons. The van der Waals surface area contributed by atoms with Gasteiger partial charge in [0.05, 0.1) is 12.2 Å². The summed E-state index contributed by atoms with van der Waals surface area (Å²) in [5, 5.41) is 10.9. The minimum absolute atomic E-state index is 0.197. The second-order valence-electron chi connectivity index (χ2n) is 8.77. The second kappa shape index (κ2) is 9.33. The highest BCUT2D eigenvalue weighted by Gasteiger charge is 2.21. The molecule has 2 aromatic rings. The Hall–Kier alpha value is -2.50. The lowest BCUT2D eigenvalue weighted by molar-refractivity contribution is 0.374. The van der Waals surface area contributed by atoms with Crippen LogP contribution in [0.2, 0.25) is 0 Å². The Morgan fingerprint density at radius 2 is 1.90 bits per heavy atom. The normalized spacial score (nSPS) is 16.2. The maximum atomic E-state index is 5.33. The molecule has 1 saturated heterocycles. The molecule has 1 aromatic carbocycles. The van der Waals surface area contributed by atoms with Gasteiger partial charge in [-0.3, -0.25) is 4.99 Å². The minimum atomic E-state index is 0.197. The number of guanidine groups is 1. The Kier molecular flexibility index (Phi) is 6.83. The number of aromatic nitrogens is 1. The van der Waals surface area contributed by atoms with Crippen LogP contribution in [-0.2, 0) is 18.4 Å². The van der Waals surface area contributed by atoms with Crippen molar-refractivity contribution < 1.29 is 4.52 Å². The summed E-state index contributed by atoms with van der Waals surface area (Å²) >= 11 is 0. The number of anilines is 1. The summed E-state index contributed by atoms with van der Waals surface area (Å²) in [6.07, 6.45) is 3.06. The SMILES string of the molecule is CCc1cc(CNC(=NC)NC2CCN(c3ccc(C(C)(C)C)cc3)CC2)on1. The lowest BCUT2D eigenvalue weighted by Gasteiger charge is -2.35. The van der Waals surface area contributed by atoms with E-state index in [1.54, 1.807) is 7.05 Å². The number of aliphatic imine (C=N–C) groups is 1. The van der Waals surface area contributed by atoms with Gasteiger partial charge in [0.25, 0.3) is 0 Å². The van der Waals surface area contributed by atoms with Gasteiger partial charge in [-0.15, -0.1) is 0 Å². The summed E-state index contributed by atoms with van der Waals surface area (Å²) in [6, 6.07) is 11.5. The van der Waals surface area contributed by atoms with Crippen LogP contribution in [0.4, 0.5) is 5.69 Å². The van der Waals surface area contributed by atoms with E-state index in [-0.39, 0.29) is 5.41 Å². The minimum Gasteiger partial charge on any atom is -0.371 e. The zero-order chi connectivity index (χ0) is 20.9. The molecule has 6 heteroatoms. The summed E-state index contributed by atoms with van der Waals surface area (Å²) < 4.78 is 5.33. The molecule has 3 rings (SSSR count). The molecule has 6 nitrogen and oxygen atoms in total. The number of aryl methyl sites for hydroxylation is 1. The van der Waals surface area contributed by atoms with Crippen molar-refractivity contribution in [2.45, 2.75) is 65.0 Å². The Bertz CT molecular complexity index is 795. The number of benzene rings is 1. The molecule has 1 aliphatic rings. The Labute approximate surface area is 174 Å². The lowest BCUT2D eigenvalue weighted by atomic mass is 9.87. The van der Waals surface area contributed by atoms with E-state index in [2.05, 4.69) is 77.6 Å². The van der Waals surface area contributed by atoms with E-state index in [0.29, 0.717) is 12.6 Å². The highest BCUT2D eigenvalue weighted by molar-refractivity contribution is 5.79. The molecular formula is C23H35N5O. The van der Waals surface area contributed by atoms with E-state index in [1.807, 2.05) is 6.07 Å². The molecule has 2 N–H and O–H groups in total. The van der Waals surface area contributed by atoms with Crippen LogP contribution in [0.3, 0.4) is 0 Å². The molecule has 0 unspecified atom stereocenters. The highest BCUT2D eigenvalue weighted by Crippen LogP contribution is 2.26. The third-order valence-corrected chi connectivity index (χ3v) is 5.56. The van der Waals surface area contributed by atoms with Gasteiger partial charge in [-0.05, 0) is 42.4 Å². The maximum absolute atomic E-state index is 5.33. The van der Waals surface area contributed by atoms with Crippen molar-refractivity contribution in [1.29, 1.82) is 0 Å². The first kappa shape index (κ1) is 21.2. The monoisotopic (exact) mass is 397 g/mol. The third kappa shape index (κ3) is 5.75. The number of piperidine rings is 1. The van der Waals surface area contributed by atoms with Crippen LogP contribution in [0, 0.1) is 0 Å². The van der Waals surface area contributed by atoms with Crippen molar-refractivity contribution in [3.63, 3.8) is 0 Å². The molecule has 0 spiro atoms. The number of nitrogens with zero attached hydrogens (tertiary/aromatic N) is 3. The van der Waals surface area contributed by atoms with E-state index in [1.165, 1.54) is 11.3 Å². The number of hydrogen-bond donors (Lipinski definition) is 2. The quantitative estimate of drug-likeness (QED) is 0.592. The van der Waals surface area contributed by atoms with Crippen molar-refractivity contribution in [3.8, 4) is 0 Å². The fraction of sp³-hybridized carbons (Fsp3) is 0.565. The first-order chi connectivity index (χ1) is 13.9. The van der Waals surface area contributed by atoms with Crippen molar-refractivity contribution in [2.24, 2.45) is 4.99 Å². The van der Waals surface area contributed by atoms with Gasteiger partial charge in [0.1, 0.15) is 0 Å². The van der Waals surface area contributed by atoms with E-state index in [9.17, 15) is 0 Å². The second-order valence-corrected chi connectivity index (χ2v) is 8.77. The van der Waals surface area contributed by atoms with E-state index in [0.717, 1.165) is 49.8 Å². The highest BCUT2D eigenvalue weighted by atomic mass is 16.5. The van der Waals surface area contributed by atoms with Gasteiger partial charge in [-0.1, -0.05) is 45.0 Å². The van der Waals surface area contributed by atoms with Crippen molar-refractivity contribution >= 4 is 11.6 Å². The van der Waals surface area contributed by atoms with Crippen LogP contribution in [0.15, 0.2) is 39.8 Å². The molecule has 0 radical (unpaired) electrons. The van der Waals surface area contributed by atoms with Crippen LogP contribution in [0.25, 0.3) is 0 Å². The van der Waals surface area contributed by atoms with E-state index >= 15 is 0 Å². The molecule has 0 aliphatic carbocycles. The average molecular weight is 398 g/mol. The summed E-state index contributed by atoms with van der Waals surface area (Å²) in [7, 11) is 1.80. The molecule has 29 heavy (non-hydrogen) atoms. The molecule has 0 bridgehead atoms. The fourth-order valence-electron chi connectivity index (χ4n) is 3.62. The zero-order valence-electron chi connectivity index (χ0n) is 18.5. The van der Waals surface area contributed by atoms with Crippen LogP contribution >= 0.6 is 0 Å². The fourth-order valence-corrected chi connectivity index (χ4v) is 3.62. The van der Waals surface area contributed by atoms with Gasteiger partial charge in [0.2, 0.25) is 0 Å². The van der Waals surface area contributed by atoms with Gasteiger partial charge in [-0.25, -0.2) is 0 Å². The third-order valence-electron chi connectivity index (χ3n) is 5.56. The number of hydrogen-bond acceptors (Lipinski definition) is 4. The molecule has 1 fully saturated rings. The summed E-state index contributed by atoms with van der Waals surface area (Å²) in [5.74, 6) is 1.64. The summed E-state index contributed by atoms with van der Waals surface area (Å²) in [5.41, 5.74) is 3.87. The van der Waals surface area contributed by atoms with Gasteiger partial charge in [0, 0.05) is 37.9 Å². The van der Waals surface area contributed by atoms with Crippen molar-refractivity contribution in [2.75, 3.05) is 25.0 Å². The Morgan fingerprint density at radius 1 is 1.21 bits per heavy atom. The number of rotatable bonds is 5. The molecule has 0 amide bonds. The van der Waals surface area contributed by atoms with Crippen LogP contribution in [0.5, 0.6) is 0 Å². The van der Waals surface area contributed by atoms with Crippen molar-refractivity contribution in [1.82, 2.24) is 15.8 Å². The lowest BCUT2D eigenvalue weighted by Crippen LogP contribution is -2.48. The Balaban J connectivity index is 1.47. The average Bonchev–Trinajstić information content (AvgIpc) is 3.19. The first-order valence-electron chi connectivity index (χ1n) is 10.7. The molecule has 2 heterocycles. The topological polar surface area (TPSA) is 65.7 Å². The van der Waals surface area contributed by atoms with E-state index < -0.39 is 0 Å².